The number of rotatable bonds is 4. The topological polar surface area (TPSA) is 78.9 Å². The quantitative estimate of drug-likeness (QED) is 0.877. The number of nitrogens with zero attached hydrogens (tertiary/aromatic N) is 1. The zero-order chi connectivity index (χ0) is 15.4. The number of benzene rings is 1. The van der Waals surface area contributed by atoms with Gasteiger partial charge in [0.05, 0.1) is 24.3 Å². The number of morpholine rings is 1. The van der Waals surface area contributed by atoms with E-state index in [4.69, 9.17) is 9.84 Å². The summed E-state index contributed by atoms with van der Waals surface area (Å²) in [5.41, 5.74) is 0.795. The molecule has 2 unspecified atom stereocenters. The Morgan fingerprint density at radius 1 is 1.24 bits per heavy atom. The molecule has 2 N–H and O–H groups in total. The number of anilines is 1. The molecular formula is C15H20N2O4. The third kappa shape index (κ3) is 4.54. The second-order valence-corrected chi connectivity index (χ2v) is 5.38. The highest BCUT2D eigenvalue weighted by molar-refractivity contribution is 5.93. The van der Waals surface area contributed by atoms with E-state index in [1.165, 1.54) is 12.1 Å². The summed E-state index contributed by atoms with van der Waals surface area (Å²) in [6, 6.07) is 6.12. The molecule has 1 heterocycles. The number of carboxylic acid groups (broad SMARTS) is 1. The van der Waals surface area contributed by atoms with Crippen molar-refractivity contribution in [2.75, 3.05) is 25.0 Å². The molecule has 1 fully saturated rings. The summed E-state index contributed by atoms with van der Waals surface area (Å²) >= 11 is 0. The van der Waals surface area contributed by atoms with Gasteiger partial charge in [-0.15, -0.1) is 0 Å². The Hall–Kier alpha value is -1.92. The molecule has 0 saturated carbocycles. The molecule has 6 nitrogen and oxygen atoms in total. The minimum Gasteiger partial charge on any atom is -0.478 e. The van der Waals surface area contributed by atoms with Crippen LogP contribution in [0.5, 0.6) is 0 Å². The fourth-order valence-corrected chi connectivity index (χ4v) is 2.51. The van der Waals surface area contributed by atoms with Crippen LogP contribution in [0.2, 0.25) is 0 Å². The van der Waals surface area contributed by atoms with E-state index in [1.54, 1.807) is 12.1 Å². The van der Waals surface area contributed by atoms with Gasteiger partial charge >= 0.3 is 5.97 Å². The molecule has 21 heavy (non-hydrogen) atoms. The maximum atomic E-state index is 12.0. The first-order valence-electron chi connectivity index (χ1n) is 6.95. The van der Waals surface area contributed by atoms with Crippen molar-refractivity contribution in [3.63, 3.8) is 0 Å². The smallest absolute Gasteiger partial charge is 0.335 e. The fraction of sp³-hybridized carbons (Fsp3) is 0.467. The first kappa shape index (κ1) is 15.5. The second kappa shape index (κ2) is 6.69. The SMILES string of the molecule is CC1CN(CC(=O)Nc2ccc(C(=O)O)cc2)CC(C)O1. The minimum atomic E-state index is -0.982. The average Bonchev–Trinajstić information content (AvgIpc) is 2.37. The van der Waals surface area contributed by atoms with Crippen LogP contribution in [0.3, 0.4) is 0 Å². The Balaban J connectivity index is 1.88. The van der Waals surface area contributed by atoms with Crippen LogP contribution in [0.1, 0.15) is 24.2 Å². The first-order valence-corrected chi connectivity index (χ1v) is 6.95. The van der Waals surface area contributed by atoms with Gasteiger partial charge in [-0.1, -0.05) is 0 Å². The molecule has 1 aliphatic heterocycles. The zero-order valence-corrected chi connectivity index (χ0v) is 12.2. The van der Waals surface area contributed by atoms with Crippen LogP contribution >= 0.6 is 0 Å². The van der Waals surface area contributed by atoms with Gasteiger partial charge in [-0.05, 0) is 38.1 Å². The van der Waals surface area contributed by atoms with Crippen molar-refractivity contribution < 1.29 is 19.4 Å². The van der Waals surface area contributed by atoms with Crippen LogP contribution in [-0.4, -0.2) is 53.7 Å². The number of amides is 1. The summed E-state index contributed by atoms with van der Waals surface area (Å²) in [7, 11) is 0. The van der Waals surface area contributed by atoms with E-state index in [-0.39, 0.29) is 23.7 Å². The molecule has 1 saturated heterocycles. The third-order valence-corrected chi connectivity index (χ3v) is 3.28. The Kier molecular flexibility index (Phi) is 4.93. The van der Waals surface area contributed by atoms with Gasteiger partial charge in [-0.3, -0.25) is 9.69 Å². The van der Waals surface area contributed by atoms with Gasteiger partial charge in [0, 0.05) is 18.8 Å². The van der Waals surface area contributed by atoms with E-state index >= 15 is 0 Å². The van der Waals surface area contributed by atoms with E-state index < -0.39 is 5.97 Å². The van der Waals surface area contributed by atoms with E-state index in [9.17, 15) is 9.59 Å². The van der Waals surface area contributed by atoms with Crippen LogP contribution in [0.15, 0.2) is 24.3 Å². The van der Waals surface area contributed by atoms with E-state index in [2.05, 4.69) is 10.2 Å². The molecule has 1 amide bonds. The minimum absolute atomic E-state index is 0.112. The lowest BCUT2D eigenvalue weighted by atomic mass is 10.2. The van der Waals surface area contributed by atoms with Gasteiger partial charge in [0.15, 0.2) is 0 Å². The number of hydrogen-bond donors (Lipinski definition) is 2. The third-order valence-electron chi connectivity index (χ3n) is 3.28. The van der Waals surface area contributed by atoms with Gasteiger partial charge in [-0.25, -0.2) is 4.79 Å². The normalized spacial score (nSPS) is 22.8. The summed E-state index contributed by atoms with van der Waals surface area (Å²) < 4.78 is 5.62. The fourth-order valence-electron chi connectivity index (χ4n) is 2.51. The van der Waals surface area contributed by atoms with Crippen molar-refractivity contribution in [3.8, 4) is 0 Å². The molecule has 0 aliphatic carbocycles. The predicted octanol–water partition coefficient (Wildman–Crippen LogP) is 1.43. The van der Waals surface area contributed by atoms with Crippen LogP contribution in [-0.2, 0) is 9.53 Å². The maximum absolute atomic E-state index is 12.0. The van der Waals surface area contributed by atoms with Gasteiger partial charge < -0.3 is 15.2 Å². The molecule has 1 aliphatic rings. The Morgan fingerprint density at radius 2 is 1.81 bits per heavy atom. The molecule has 1 aromatic carbocycles. The molecule has 6 heteroatoms. The standard InChI is InChI=1S/C15H20N2O4/c1-10-7-17(8-11(2)21-10)9-14(18)16-13-5-3-12(4-6-13)15(19)20/h3-6,10-11H,7-9H2,1-2H3,(H,16,18)(H,19,20). The van der Waals surface area contributed by atoms with Crippen LogP contribution in [0.4, 0.5) is 5.69 Å². The molecule has 2 rings (SSSR count). The summed E-state index contributed by atoms with van der Waals surface area (Å²) in [4.78, 5) is 24.8. The largest absolute Gasteiger partial charge is 0.478 e. The highest BCUT2D eigenvalue weighted by Crippen LogP contribution is 2.12. The summed E-state index contributed by atoms with van der Waals surface area (Å²) in [5, 5.41) is 11.6. The molecule has 0 spiro atoms. The van der Waals surface area contributed by atoms with Crippen LogP contribution < -0.4 is 5.32 Å². The molecule has 2 atom stereocenters. The monoisotopic (exact) mass is 292 g/mol. The molecular weight excluding hydrogens is 272 g/mol. The average molecular weight is 292 g/mol. The number of carboxylic acids is 1. The summed E-state index contributed by atoms with van der Waals surface area (Å²) in [6.07, 6.45) is 0.243. The van der Waals surface area contributed by atoms with Crippen LogP contribution in [0, 0.1) is 0 Å². The Morgan fingerprint density at radius 3 is 2.33 bits per heavy atom. The molecule has 1 aromatic rings. The van der Waals surface area contributed by atoms with E-state index in [0.717, 1.165) is 13.1 Å². The van der Waals surface area contributed by atoms with Crippen molar-refractivity contribution in [2.24, 2.45) is 0 Å². The summed E-state index contributed by atoms with van der Waals surface area (Å²) in [5.74, 6) is -1.09. The van der Waals surface area contributed by atoms with Crippen LogP contribution in [0.25, 0.3) is 0 Å². The molecule has 0 aromatic heterocycles. The van der Waals surface area contributed by atoms with Crippen molar-refractivity contribution >= 4 is 17.6 Å². The maximum Gasteiger partial charge on any atom is 0.335 e. The lowest BCUT2D eigenvalue weighted by Crippen LogP contribution is -2.48. The number of aromatic carboxylic acids is 1. The highest BCUT2D eigenvalue weighted by atomic mass is 16.5. The lowest BCUT2D eigenvalue weighted by Gasteiger charge is -2.34. The second-order valence-electron chi connectivity index (χ2n) is 5.38. The first-order chi connectivity index (χ1) is 9.94. The number of ether oxygens (including phenoxy) is 1. The summed E-state index contributed by atoms with van der Waals surface area (Å²) in [6.45, 7) is 5.75. The van der Waals surface area contributed by atoms with E-state index in [1.807, 2.05) is 13.8 Å². The predicted molar refractivity (Wildman–Crippen MR) is 78.5 cm³/mol. The van der Waals surface area contributed by atoms with Crippen molar-refractivity contribution in [2.45, 2.75) is 26.1 Å². The molecule has 114 valence electrons. The van der Waals surface area contributed by atoms with Gasteiger partial charge in [0.2, 0.25) is 5.91 Å². The van der Waals surface area contributed by atoms with E-state index in [0.29, 0.717) is 12.2 Å². The molecule has 0 bridgehead atoms. The van der Waals surface area contributed by atoms with Gasteiger partial charge in [-0.2, -0.15) is 0 Å². The van der Waals surface area contributed by atoms with Crippen molar-refractivity contribution in [1.82, 2.24) is 4.90 Å². The highest BCUT2D eigenvalue weighted by Gasteiger charge is 2.23. The lowest BCUT2D eigenvalue weighted by molar-refractivity contribution is -0.121. The Bertz CT molecular complexity index is 505. The van der Waals surface area contributed by atoms with Crippen molar-refractivity contribution in [3.05, 3.63) is 29.8 Å². The van der Waals surface area contributed by atoms with Gasteiger partial charge in [0.1, 0.15) is 0 Å². The number of carbonyl (C=O) groups is 2. The molecule has 0 radical (unpaired) electrons. The van der Waals surface area contributed by atoms with Crippen molar-refractivity contribution in [1.29, 1.82) is 0 Å². The van der Waals surface area contributed by atoms with Gasteiger partial charge in [0.25, 0.3) is 0 Å². The number of carbonyl (C=O) groups excluding carboxylic acids is 1. The zero-order valence-electron chi connectivity index (χ0n) is 12.2. The number of nitrogens with one attached hydrogen (secondary N) is 1. The number of hydrogen-bond acceptors (Lipinski definition) is 4. The Labute approximate surface area is 123 Å².